The third-order valence-corrected chi connectivity index (χ3v) is 3.62. The molecule has 2 unspecified atom stereocenters. The second-order valence-corrected chi connectivity index (χ2v) is 4.74. The van der Waals surface area contributed by atoms with Gasteiger partial charge in [0.2, 0.25) is 5.96 Å². The Balaban J connectivity index is 2.01. The fraction of sp³-hybridized carbons (Fsp3) is 0.545. The molecule has 0 aliphatic carbocycles. The Hall–Kier alpha value is -1.53. The molecular weight excluding hydrogens is 216 g/mol. The molecule has 2 aliphatic heterocycles. The van der Waals surface area contributed by atoms with Crippen LogP contribution in [-0.4, -0.2) is 23.7 Å². The zero-order valence-electron chi connectivity index (χ0n) is 9.69. The largest absolute Gasteiger partial charge is 0.368 e. The molecule has 0 saturated carbocycles. The van der Waals surface area contributed by atoms with E-state index in [4.69, 9.17) is 11.5 Å². The van der Waals surface area contributed by atoms with E-state index in [2.05, 4.69) is 15.7 Å². The summed E-state index contributed by atoms with van der Waals surface area (Å²) in [7, 11) is 0. The van der Waals surface area contributed by atoms with Gasteiger partial charge in [-0.2, -0.15) is 0 Å². The summed E-state index contributed by atoms with van der Waals surface area (Å²) in [5, 5.41) is 3.38. The van der Waals surface area contributed by atoms with Crippen molar-refractivity contribution in [1.82, 2.24) is 9.99 Å². The van der Waals surface area contributed by atoms with Crippen molar-refractivity contribution in [1.29, 1.82) is 0 Å². The summed E-state index contributed by atoms with van der Waals surface area (Å²) in [6.45, 7) is 1.95. The lowest BCUT2D eigenvalue weighted by atomic mass is 9.84. The lowest BCUT2D eigenvalue weighted by Gasteiger charge is -2.39. The number of nitrogens with one attached hydrogen (secondary N) is 2. The molecule has 6 nitrogen and oxygen atoms in total. The minimum Gasteiger partial charge on any atom is -0.368 e. The van der Waals surface area contributed by atoms with Crippen molar-refractivity contribution in [2.24, 2.45) is 22.4 Å². The predicted molar refractivity (Wildman–Crippen MR) is 66.9 cm³/mol. The molecule has 6 N–H and O–H groups in total. The molecule has 2 atom stereocenters. The molecule has 6 heteroatoms. The van der Waals surface area contributed by atoms with Crippen LogP contribution in [0.3, 0.4) is 0 Å². The summed E-state index contributed by atoms with van der Waals surface area (Å²) in [6, 6.07) is 3.95. The first-order chi connectivity index (χ1) is 8.20. The van der Waals surface area contributed by atoms with Gasteiger partial charge in [0.15, 0.2) is 5.66 Å². The Morgan fingerprint density at radius 3 is 3.18 bits per heavy atom. The monoisotopic (exact) mass is 234 g/mol. The molecule has 92 valence electrons. The van der Waals surface area contributed by atoms with Gasteiger partial charge in [-0.3, -0.25) is 10.1 Å². The zero-order chi connectivity index (χ0) is 11.9. The lowest BCUT2D eigenvalue weighted by Crippen LogP contribution is -2.55. The standard InChI is InChI=1S/C11H18N6/c12-10-15-11(13,8-3-1-5-14-7-8)9-4-2-6-17(9)16-10/h2,4,6,8,14H,1,3,5,7,13H2,(H3,12,15,16). The number of nitrogens with zero attached hydrogens (tertiary/aromatic N) is 2. The van der Waals surface area contributed by atoms with Crippen molar-refractivity contribution in [2.45, 2.75) is 18.5 Å². The van der Waals surface area contributed by atoms with Crippen molar-refractivity contribution in [2.75, 3.05) is 18.5 Å². The first-order valence-electron chi connectivity index (χ1n) is 6.00. The number of rotatable bonds is 1. The maximum atomic E-state index is 6.51. The molecule has 0 bridgehead atoms. The highest BCUT2D eigenvalue weighted by atomic mass is 15.5. The van der Waals surface area contributed by atoms with E-state index in [0.717, 1.165) is 31.6 Å². The van der Waals surface area contributed by atoms with E-state index in [-0.39, 0.29) is 5.92 Å². The second kappa shape index (κ2) is 3.75. The molecule has 1 fully saturated rings. The molecule has 1 saturated heterocycles. The van der Waals surface area contributed by atoms with Gasteiger partial charge in [-0.15, -0.1) is 0 Å². The van der Waals surface area contributed by atoms with Gasteiger partial charge in [-0.05, 0) is 31.5 Å². The third kappa shape index (κ3) is 1.60. The van der Waals surface area contributed by atoms with Crippen LogP contribution in [0, 0.1) is 5.92 Å². The Bertz CT molecular complexity index is 445. The molecular formula is C11H18N6. The molecule has 0 spiro atoms. The van der Waals surface area contributed by atoms with Crippen molar-refractivity contribution in [3.8, 4) is 0 Å². The van der Waals surface area contributed by atoms with Gasteiger partial charge in [0, 0.05) is 18.7 Å². The van der Waals surface area contributed by atoms with Crippen LogP contribution in [0.2, 0.25) is 0 Å². The van der Waals surface area contributed by atoms with Gasteiger partial charge in [-0.25, -0.2) is 4.99 Å². The van der Waals surface area contributed by atoms with Gasteiger partial charge >= 0.3 is 0 Å². The van der Waals surface area contributed by atoms with E-state index >= 15 is 0 Å². The predicted octanol–water partition coefficient (Wildman–Crippen LogP) is -0.529. The molecule has 0 amide bonds. The normalized spacial score (nSPS) is 32.5. The number of aliphatic imine (C=N–C) groups is 1. The van der Waals surface area contributed by atoms with E-state index in [9.17, 15) is 0 Å². The van der Waals surface area contributed by atoms with E-state index in [1.54, 1.807) is 0 Å². The average Bonchev–Trinajstić information content (AvgIpc) is 2.79. The molecule has 17 heavy (non-hydrogen) atoms. The molecule has 1 aromatic rings. The van der Waals surface area contributed by atoms with Crippen LogP contribution in [-0.2, 0) is 5.66 Å². The molecule has 0 aromatic carbocycles. The fourth-order valence-electron chi connectivity index (χ4n) is 2.74. The summed E-state index contributed by atoms with van der Waals surface area (Å²) in [4.78, 5) is 4.45. The number of hydrogen-bond donors (Lipinski definition) is 4. The summed E-state index contributed by atoms with van der Waals surface area (Å²) in [6.07, 6.45) is 4.12. The van der Waals surface area contributed by atoms with Crippen LogP contribution in [0.4, 0.5) is 0 Å². The van der Waals surface area contributed by atoms with Gasteiger partial charge < -0.3 is 16.8 Å². The number of fused-ring (bicyclic) bond motifs is 1. The lowest BCUT2D eigenvalue weighted by molar-refractivity contribution is 0.217. The van der Waals surface area contributed by atoms with E-state index in [0.29, 0.717) is 5.96 Å². The highest BCUT2D eigenvalue weighted by Gasteiger charge is 2.41. The quantitative estimate of drug-likeness (QED) is 0.525. The van der Waals surface area contributed by atoms with E-state index in [1.807, 2.05) is 23.0 Å². The number of hydrogen-bond acceptors (Lipinski definition) is 5. The highest BCUT2D eigenvalue weighted by molar-refractivity contribution is 5.87. The highest BCUT2D eigenvalue weighted by Crippen LogP contribution is 2.34. The topological polar surface area (TPSA) is 93.4 Å². The van der Waals surface area contributed by atoms with Gasteiger partial charge in [0.25, 0.3) is 0 Å². The second-order valence-electron chi connectivity index (χ2n) is 4.74. The van der Waals surface area contributed by atoms with Crippen LogP contribution in [0.25, 0.3) is 0 Å². The minimum absolute atomic E-state index is 0.283. The minimum atomic E-state index is -0.716. The van der Waals surface area contributed by atoms with E-state index < -0.39 is 5.66 Å². The number of guanidine groups is 1. The van der Waals surface area contributed by atoms with Gasteiger partial charge in [-0.1, -0.05) is 0 Å². The first kappa shape index (κ1) is 10.6. The molecule has 3 heterocycles. The maximum Gasteiger partial charge on any atom is 0.210 e. The summed E-state index contributed by atoms with van der Waals surface area (Å²) >= 11 is 0. The van der Waals surface area contributed by atoms with Crippen LogP contribution >= 0.6 is 0 Å². The van der Waals surface area contributed by atoms with E-state index in [1.165, 1.54) is 0 Å². The van der Waals surface area contributed by atoms with Crippen molar-refractivity contribution >= 4 is 5.96 Å². The molecule has 0 radical (unpaired) electrons. The Labute approximate surface area is 100 Å². The van der Waals surface area contributed by atoms with Crippen molar-refractivity contribution < 1.29 is 0 Å². The molecule has 2 aliphatic rings. The Morgan fingerprint density at radius 1 is 1.53 bits per heavy atom. The van der Waals surface area contributed by atoms with Crippen LogP contribution in [0.1, 0.15) is 18.5 Å². The average molecular weight is 234 g/mol. The fourth-order valence-corrected chi connectivity index (χ4v) is 2.74. The van der Waals surface area contributed by atoms with Gasteiger partial charge in [0.05, 0.1) is 5.69 Å². The number of piperidine rings is 1. The summed E-state index contributed by atoms with van der Waals surface area (Å²) in [5.74, 6) is 0.660. The molecule has 3 rings (SSSR count). The Morgan fingerprint density at radius 2 is 2.41 bits per heavy atom. The third-order valence-electron chi connectivity index (χ3n) is 3.62. The summed E-state index contributed by atoms with van der Waals surface area (Å²) < 4.78 is 1.86. The smallest absolute Gasteiger partial charge is 0.210 e. The van der Waals surface area contributed by atoms with Gasteiger partial charge in [0.1, 0.15) is 0 Å². The maximum absolute atomic E-state index is 6.51. The van der Waals surface area contributed by atoms with Crippen LogP contribution in [0.15, 0.2) is 23.3 Å². The zero-order valence-corrected chi connectivity index (χ0v) is 9.69. The van der Waals surface area contributed by atoms with Crippen molar-refractivity contribution in [3.05, 3.63) is 24.0 Å². The first-order valence-corrected chi connectivity index (χ1v) is 6.00. The summed E-state index contributed by atoms with van der Waals surface area (Å²) in [5.41, 5.74) is 15.6. The SMILES string of the molecule is NC1=NC(N)(C2CCCNC2)c2cccn2N1. The Kier molecular flexibility index (Phi) is 2.34. The van der Waals surface area contributed by atoms with Crippen molar-refractivity contribution in [3.63, 3.8) is 0 Å². The number of nitrogens with two attached hydrogens (primary N) is 2. The number of aromatic nitrogens is 1. The van der Waals surface area contributed by atoms with Crippen LogP contribution < -0.4 is 22.2 Å². The molecule has 1 aromatic heterocycles. The van der Waals surface area contributed by atoms with Crippen LogP contribution in [0.5, 0.6) is 0 Å².